The average molecular weight is 279 g/mol. The number of benzene rings is 2. The van der Waals surface area contributed by atoms with E-state index in [-0.39, 0.29) is 0 Å². The van der Waals surface area contributed by atoms with Gasteiger partial charge >= 0.3 is 0 Å². The maximum Gasteiger partial charge on any atom is 0.0234 e. The van der Waals surface area contributed by atoms with Gasteiger partial charge in [-0.1, -0.05) is 42.5 Å². The lowest BCUT2D eigenvalue weighted by molar-refractivity contribution is 0.148. The summed E-state index contributed by atoms with van der Waals surface area (Å²) in [6.07, 6.45) is 0. The summed E-state index contributed by atoms with van der Waals surface area (Å²) in [5, 5.41) is 0. The van der Waals surface area contributed by atoms with Gasteiger partial charge in [0.1, 0.15) is 0 Å². The second-order valence-corrected chi connectivity index (χ2v) is 6.04. The molecule has 0 saturated carbocycles. The van der Waals surface area contributed by atoms with Crippen molar-refractivity contribution in [3.8, 4) is 11.1 Å². The topological polar surface area (TPSA) is 6.48 Å². The van der Waals surface area contributed by atoms with Crippen molar-refractivity contribution >= 4 is 0 Å². The quantitative estimate of drug-likeness (QED) is 0.851. The minimum absolute atomic E-state index is 1.07. The van der Waals surface area contributed by atoms with Crippen molar-refractivity contribution in [3.63, 3.8) is 0 Å². The molecular weight excluding hydrogens is 256 g/mol. The molecule has 0 spiro atoms. The average Bonchev–Trinajstić information content (AvgIpc) is 2.50. The van der Waals surface area contributed by atoms with Gasteiger partial charge in [-0.2, -0.15) is 0 Å². The highest BCUT2D eigenvalue weighted by Crippen LogP contribution is 2.21. The summed E-state index contributed by atoms with van der Waals surface area (Å²) in [6, 6.07) is 18.5. The van der Waals surface area contributed by atoms with Crippen LogP contribution in [-0.2, 0) is 6.54 Å². The van der Waals surface area contributed by atoms with Crippen LogP contribution in [0.25, 0.3) is 11.1 Å². The Morgan fingerprint density at radius 1 is 0.952 bits per heavy atom. The van der Waals surface area contributed by atoms with Gasteiger partial charge in [0.15, 0.2) is 0 Å². The zero-order valence-electron chi connectivity index (χ0n) is 13.0. The number of hydrogen-bond acceptors (Lipinski definition) is 2. The van der Waals surface area contributed by atoms with E-state index in [1.165, 1.54) is 48.4 Å². The molecule has 1 aliphatic heterocycles. The van der Waals surface area contributed by atoms with E-state index < -0.39 is 0 Å². The first-order chi connectivity index (χ1) is 10.2. The largest absolute Gasteiger partial charge is 0.304 e. The van der Waals surface area contributed by atoms with Crippen LogP contribution in [0.15, 0.2) is 42.5 Å². The zero-order chi connectivity index (χ0) is 14.7. The number of rotatable bonds is 3. The molecular formula is C19H23N2. The van der Waals surface area contributed by atoms with E-state index in [9.17, 15) is 0 Å². The van der Waals surface area contributed by atoms with E-state index in [1.807, 2.05) is 6.07 Å². The first kappa shape index (κ1) is 14.3. The Morgan fingerprint density at radius 2 is 1.67 bits per heavy atom. The van der Waals surface area contributed by atoms with Crippen LogP contribution in [0.4, 0.5) is 0 Å². The Labute approximate surface area is 128 Å². The first-order valence-electron chi connectivity index (χ1n) is 7.69. The van der Waals surface area contributed by atoms with Crippen molar-refractivity contribution in [2.75, 3.05) is 33.2 Å². The molecule has 1 radical (unpaired) electrons. The highest BCUT2D eigenvalue weighted by atomic mass is 15.2. The summed E-state index contributed by atoms with van der Waals surface area (Å²) < 4.78 is 0. The summed E-state index contributed by atoms with van der Waals surface area (Å²) in [5.41, 5.74) is 5.16. The van der Waals surface area contributed by atoms with E-state index >= 15 is 0 Å². The van der Waals surface area contributed by atoms with E-state index in [4.69, 9.17) is 0 Å². The van der Waals surface area contributed by atoms with Crippen molar-refractivity contribution in [1.29, 1.82) is 0 Å². The van der Waals surface area contributed by atoms with Gasteiger partial charge in [-0.25, -0.2) is 0 Å². The number of hydrogen-bond donors (Lipinski definition) is 0. The van der Waals surface area contributed by atoms with Crippen LogP contribution in [0.1, 0.15) is 11.1 Å². The third-order valence-electron chi connectivity index (χ3n) is 4.24. The normalized spacial score (nSPS) is 17.0. The fourth-order valence-electron chi connectivity index (χ4n) is 2.83. The van der Waals surface area contributed by atoms with Crippen LogP contribution in [0, 0.1) is 13.0 Å². The molecule has 0 unspecified atom stereocenters. The standard InChI is InChI=1S/C19H23N2/c1-16-4-3-5-19(14-16)18-8-6-17(7-9-18)15-21-12-10-20(2)11-13-21/h3,5-9,14H,10-13,15H2,1-2H3. The summed E-state index contributed by atoms with van der Waals surface area (Å²) in [7, 11) is 2.20. The zero-order valence-corrected chi connectivity index (χ0v) is 13.0. The molecule has 109 valence electrons. The number of aryl methyl sites for hydroxylation is 1. The van der Waals surface area contributed by atoms with Crippen molar-refractivity contribution in [3.05, 3.63) is 59.7 Å². The van der Waals surface area contributed by atoms with Crippen LogP contribution < -0.4 is 0 Å². The van der Waals surface area contributed by atoms with Gasteiger partial charge in [0, 0.05) is 32.7 Å². The third-order valence-corrected chi connectivity index (χ3v) is 4.24. The Hall–Kier alpha value is -1.64. The number of nitrogens with zero attached hydrogens (tertiary/aromatic N) is 2. The summed E-state index contributed by atoms with van der Waals surface area (Å²) in [6.45, 7) is 7.86. The van der Waals surface area contributed by atoms with Gasteiger partial charge in [-0.3, -0.25) is 4.90 Å². The fraction of sp³-hybridized carbons (Fsp3) is 0.368. The van der Waals surface area contributed by atoms with Gasteiger partial charge in [-0.15, -0.1) is 0 Å². The van der Waals surface area contributed by atoms with Gasteiger partial charge in [0.05, 0.1) is 0 Å². The maximum absolute atomic E-state index is 3.20. The molecule has 2 aromatic rings. The van der Waals surface area contributed by atoms with Crippen LogP contribution >= 0.6 is 0 Å². The summed E-state index contributed by atoms with van der Waals surface area (Å²) >= 11 is 0. The van der Waals surface area contributed by atoms with E-state index in [1.54, 1.807) is 0 Å². The minimum atomic E-state index is 1.07. The van der Waals surface area contributed by atoms with Crippen LogP contribution in [0.2, 0.25) is 0 Å². The van der Waals surface area contributed by atoms with Crippen LogP contribution in [0.3, 0.4) is 0 Å². The van der Waals surface area contributed by atoms with E-state index in [2.05, 4.69) is 66.2 Å². The van der Waals surface area contributed by atoms with Crippen molar-refractivity contribution < 1.29 is 0 Å². The van der Waals surface area contributed by atoms with Crippen LogP contribution in [-0.4, -0.2) is 43.0 Å². The Morgan fingerprint density at radius 3 is 2.33 bits per heavy atom. The Bertz CT molecular complexity index is 581. The SMILES string of the molecule is Cc1[c]ccc(-c2ccc(CN3CCN(C)CC3)cc2)c1. The van der Waals surface area contributed by atoms with Gasteiger partial charge in [0.2, 0.25) is 0 Å². The molecule has 2 heteroatoms. The minimum Gasteiger partial charge on any atom is -0.304 e. The summed E-state index contributed by atoms with van der Waals surface area (Å²) in [5.74, 6) is 0. The lowest BCUT2D eigenvalue weighted by Gasteiger charge is -2.32. The number of likely N-dealkylation sites (N-methyl/N-ethyl adjacent to an activating group) is 1. The van der Waals surface area contributed by atoms with E-state index in [0.717, 1.165) is 6.54 Å². The highest BCUT2D eigenvalue weighted by molar-refractivity contribution is 5.64. The molecule has 1 saturated heterocycles. The van der Waals surface area contributed by atoms with E-state index in [0.29, 0.717) is 0 Å². The smallest absolute Gasteiger partial charge is 0.0234 e. The molecule has 1 aliphatic rings. The molecule has 0 bridgehead atoms. The van der Waals surface area contributed by atoms with Gasteiger partial charge in [-0.05, 0) is 42.3 Å². The Kier molecular flexibility index (Phi) is 4.37. The number of piperazine rings is 1. The molecule has 0 amide bonds. The first-order valence-corrected chi connectivity index (χ1v) is 7.69. The lowest BCUT2D eigenvalue weighted by atomic mass is 10.0. The van der Waals surface area contributed by atoms with Crippen molar-refractivity contribution in [1.82, 2.24) is 9.80 Å². The lowest BCUT2D eigenvalue weighted by Crippen LogP contribution is -2.43. The maximum atomic E-state index is 3.20. The predicted octanol–water partition coefficient (Wildman–Crippen LogP) is 3.21. The third kappa shape index (κ3) is 3.72. The predicted molar refractivity (Wildman–Crippen MR) is 88.2 cm³/mol. The monoisotopic (exact) mass is 279 g/mol. The molecule has 3 rings (SSSR count). The molecule has 0 atom stereocenters. The Balaban J connectivity index is 1.67. The van der Waals surface area contributed by atoms with Gasteiger partial charge in [0.25, 0.3) is 0 Å². The highest BCUT2D eigenvalue weighted by Gasteiger charge is 2.13. The molecule has 0 N–H and O–H groups in total. The molecule has 0 aromatic heterocycles. The summed E-state index contributed by atoms with van der Waals surface area (Å²) in [4.78, 5) is 4.94. The molecule has 1 fully saturated rings. The van der Waals surface area contributed by atoms with Crippen molar-refractivity contribution in [2.45, 2.75) is 13.5 Å². The van der Waals surface area contributed by atoms with Crippen LogP contribution in [0.5, 0.6) is 0 Å². The second kappa shape index (κ2) is 6.42. The molecule has 21 heavy (non-hydrogen) atoms. The fourth-order valence-corrected chi connectivity index (χ4v) is 2.83. The molecule has 2 aromatic carbocycles. The van der Waals surface area contributed by atoms with Gasteiger partial charge < -0.3 is 4.90 Å². The molecule has 1 heterocycles. The van der Waals surface area contributed by atoms with Crippen molar-refractivity contribution in [2.24, 2.45) is 0 Å². The second-order valence-electron chi connectivity index (χ2n) is 6.04. The molecule has 0 aliphatic carbocycles. The molecule has 2 nitrogen and oxygen atoms in total.